The number of carbonyl (C=O) groups excluding carboxylic acids is 1. The van der Waals surface area contributed by atoms with Gasteiger partial charge in [-0.15, -0.1) is 0 Å². The van der Waals surface area contributed by atoms with Crippen molar-refractivity contribution in [3.05, 3.63) is 0 Å². The predicted octanol–water partition coefficient (Wildman–Crippen LogP) is 0.446. The van der Waals surface area contributed by atoms with Gasteiger partial charge in [0.25, 0.3) is 0 Å². The van der Waals surface area contributed by atoms with Gasteiger partial charge >= 0.3 is 5.97 Å². The summed E-state index contributed by atoms with van der Waals surface area (Å²) in [5.41, 5.74) is 0. The van der Waals surface area contributed by atoms with E-state index in [2.05, 4.69) is 15.9 Å². The second-order valence-electron chi connectivity index (χ2n) is 3.14. The zero-order chi connectivity index (χ0) is 8.01. The quantitative estimate of drug-likeness (QED) is 0.477. The lowest BCUT2D eigenvalue weighted by Gasteiger charge is -2.09. The Labute approximate surface area is 72.9 Å². The topological polar surface area (TPSA) is 46.5 Å². The van der Waals surface area contributed by atoms with Gasteiger partial charge in [-0.1, -0.05) is 15.9 Å². The third-order valence-electron chi connectivity index (χ3n) is 2.41. The number of halogens is 1. The number of aliphatic hydroxyl groups excluding tert-OH is 1. The molecule has 1 aliphatic carbocycles. The molecule has 0 bridgehead atoms. The first kappa shape index (κ1) is 7.55. The van der Waals surface area contributed by atoms with Gasteiger partial charge in [0.15, 0.2) is 0 Å². The summed E-state index contributed by atoms with van der Waals surface area (Å²) in [5, 5.41) is 9.35. The van der Waals surface area contributed by atoms with Crippen LogP contribution in [0.5, 0.6) is 0 Å². The maximum atomic E-state index is 10.8. The standard InChI is InChI=1S/C7H9BrO3/c8-7-3-1-6(10)11-5(3)2-4(7)9/h3-5,7,9H,1-2H2/t3-,4-,5-,7?/m0/s1. The minimum absolute atomic E-state index is 0.0399. The number of hydrogen-bond acceptors (Lipinski definition) is 3. The molecule has 1 unspecified atom stereocenters. The van der Waals surface area contributed by atoms with E-state index in [1.165, 1.54) is 0 Å². The Kier molecular flexibility index (Phi) is 1.68. The molecule has 2 fully saturated rings. The molecule has 4 atom stereocenters. The molecule has 0 aromatic heterocycles. The Balaban J connectivity index is 2.13. The van der Waals surface area contributed by atoms with Crippen LogP contribution in [0.15, 0.2) is 0 Å². The third-order valence-corrected chi connectivity index (χ3v) is 3.70. The van der Waals surface area contributed by atoms with Crippen LogP contribution >= 0.6 is 15.9 Å². The Bertz CT molecular complexity index is 194. The van der Waals surface area contributed by atoms with Crippen molar-refractivity contribution in [1.82, 2.24) is 0 Å². The van der Waals surface area contributed by atoms with Crippen molar-refractivity contribution >= 4 is 21.9 Å². The smallest absolute Gasteiger partial charge is 0.306 e. The van der Waals surface area contributed by atoms with Gasteiger partial charge in [0.2, 0.25) is 0 Å². The summed E-state index contributed by atoms with van der Waals surface area (Å²) in [7, 11) is 0. The first-order valence-corrected chi connectivity index (χ1v) is 4.61. The van der Waals surface area contributed by atoms with E-state index < -0.39 is 0 Å². The Hall–Kier alpha value is -0.0900. The fourth-order valence-electron chi connectivity index (χ4n) is 1.82. The molecule has 0 aromatic rings. The molecule has 2 rings (SSSR count). The summed E-state index contributed by atoms with van der Waals surface area (Å²) in [5.74, 6) is 0.0638. The zero-order valence-corrected chi connectivity index (χ0v) is 7.45. The van der Waals surface area contributed by atoms with Crippen molar-refractivity contribution in [2.45, 2.75) is 29.9 Å². The number of ether oxygens (including phenoxy) is 1. The summed E-state index contributed by atoms with van der Waals surface area (Å²) < 4.78 is 5.00. The molecule has 1 heterocycles. The Morgan fingerprint density at radius 2 is 2.36 bits per heavy atom. The van der Waals surface area contributed by atoms with E-state index in [0.29, 0.717) is 12.8 Å². The van der Waals surface area contributed by atoms with Crippen LogP contribution in [0, 0.1) is 5.92 Å². The molecule has 4 heteroatoms. The molecule has 1 saturated heterocycles. The van der Waals surface area contributed by atoms with Gasteiger partial charge in [0.05, 0.1) is 12.5 Å². The largest absolute Gasteiger partial charge is 0.462 e. The Morgan fingerprint density at radius 1 is 1.64 bits per heavy atom. The fraction of sp³-hybridized carbons (Fsp3) is 0.857. The Morgan fingerprint density at radius 3 is 3.00 bits per heavy atom. The van der Waals surface area contributed by atoms with Crippen LogP contribution in [0.25, 0.3) is 0 Å². The van der Waals surface area contributed by atoms with Gasteiger partial charge in [0.1, 0.15) is 6.10 Å². The number of alkyl halides is 1. The lowest BCUT2D eigenvalue weighted by molar-refractivity contribution is -0.141. The number of hydrogen-bond donors (Lipinski definition) is 1. The summed E-state index contributed by atoms with van der Waals surface area (Å²) in [6.07, 6.45) is 0.657. The summed E-state index contributed by atoms with van der Waals surface area (Å²) in [6.45, 7) is 0. The molecule has 11 heavy (non-hydrogen) atoms. The average molecular weight is 221 g/mol. The van der Waals surface area contributed by atoms with Gasteiger partial charge in [-0.05, 0) is 0 Å². The van der Waals surface area contributed by atoms with Crippen molar-refractivity contribution in [1.29, 1.82) is 0 Å². The molecule has 1 aliphatic heterocycles. The van der Waals surface area contributed by atoms with Crippen LogP contribution in [-0.2, 0) is 9.53 Å². The van der Waals surface area contributed by atoms with Crippen LogP contribution in [-0.4, -0.2) is 28.1 Å². The number of fused-ring (bicyclic) bond motifs is 1. The fourth-order valence-corrected chi connectivity index (χ4v) is 2.57. The normalized spacial score (nSPS) is 49.1. The van der Waals surface area contributed by atoms with Crippen molar-refractivity contribution in [3.63, 3.8) is 0 Å². The van der Waals surface area contributed by atoms with Crippen LogP contribution < -0.4 is 0 Å². The highest BCUT2D eigenvalue weighted by atomic mass is 79.9. The first-order chi connectivity index (χ1) is 5.18. The predicted molar refractivity (Wildman–Crippen MR) is 41.3 cm³/mol. The lowest BCUT2D eigenvalue weighted by Crippen LogP contribution is -2.19. The van der Waals surface area contributed by atoms with Crippen LogP contribution in [0.1, 0.15) is 12.8 Å². The molecule has 2 aliphatic rings. The zero-order valence-electron chi connectivity index (χ0n) is 5.87. The van der Waals surface area contributed by atoms with Gasteiger partial charge in [-0.3, -0.25) is 4.79 Å². The van der Waals surface area contributed by atoms with Crippen molar-refractivity contribution in [2.75, 3.05) is 0 Å². The highest BCUT2D eigenvalue weighted by molar-refractivity contribution is 9.09. The minimum Gasteiger partial charge on any atom is -0.462 e. The van der Waals surface area contributed by atoms with E-state index in [1.807, 2.05) is 0 Å². The second-order valence-corrected chi connectivity index (χ2v) is 4.20. The minimum atomic E-state index is -0.349. The third kappa shape index (κ3) is 1.08. The van der Waals surface area contributed by atoms with Gasteiger partial charge in [-0.2, -0.15) is 0 Å². The molecule has 0 spiro atoms. The first-order valence-electron chi connectivity index (χ1n) is 3.70. The van der Waals surface area contributed by atoms with E-state index in [0.717, 1.165) is 0 Å². The van der Waals surface area contributed by atoms with E-state index in [4.69, 9.17) is 4.74 Å². The number of aliphatic hydroxyl groups is 1. The van der Waals surface area contributed by atoms with Crippen molar-refractivity contribution < 1.29 is 14.6 Å². The highest BCUT2D eigenvalue weighted by Gasteiger charge is 2.48. The van der Waals surface area contributed by atoms with Crippen LogP contribution in [0.3, 0.4) is 0 Å². The van der Waals surface area contributed by atoms with Gasteiger partial charge in [0, 0.05) is 17.2 Å². The summed E-state index contributed by atoms with van der Waals surface area (Å²) >= 11 is 3.36. The highest BCUT2D eigenvalue weighted by Crippen LogP contribution is 2.40. The molecule has 0 radical (unpaired) electrons. The molecule has 62 valence electrons. The molecule has 1 saturated carbocycles. The van der Waals surface area contributed by atoms with Crippen molar-refractivity contribution in [3.8, 4) is 0 Å². The molecule has 1 N–H and O–H groups in total. The monoisotopic (exact) mass is 220 g/mol. The lowest BCUT2D eigenvalue weighted by atomic mass is 10.1. The van der Waals surface area contributed by atoms with Crippen LogP contribution in [0.2, 0.25) is 0 Å². The maximum Gasteiger partial charge on any atom is 0.306 e. The molecule has 0 aromatic carbocycles. The number of carbonyl (C=O) groups is 1. The van der Waals surface area contributed by atoms with Gasteiger partial charge < -0.3 is 9.84 Å². The van der Waals surface area contributed by atoms with Crippen LogP contribution in [0.4, 0.5) is 0 Å². The van der Waals surface area contributed by atoms with Crippen molar-refractivity contribution in [2.24, 2.45) is 5.92 Å². The second kappa shape index (κ2) is 2.45. The van der Waals surface area contributed by atoms with E-state index in [1.54, 1.807) is 0 Å². The number of rotatable bonds is 0. The molecule has 3 nitrogen and oxygen atoms in total. The SMILES string of the molecule is O=C1C[C@@H]2C(Br)[C@@H](O)C[C@@H]2O1. The molecule has 0 amide bonds. The summed E-state index contributed by atoms with van der Waals surface area (Å²) in [6, 6.07) is 0. The van der Waals surface area contributed by atoms with Gasteiger partial charge in [-0.25, -0.2) is 0 Å². The van der Waals surface area contributed by atoms with E-state index in [-0.39, 0.29) is 28.9 Å². The summed E-state index contributed by atoms with van der Waals surface area (Å²) in [4.78, 5) is 10.8. The van der Waals surface area contributed by atoms with E-state index in [9.17, 15) is 9.90 Å². The molecular weight excluding hydrogens is 212 g/mol. The average Bonchev–Trinajstić information content (AvgIpc) is 2.37. The molecular formula is C7H9BrO3. The van der Waals surface area contributed by atoms with E-state index >= 15 is 0 Å². The maximum absolute atomic E-state index is 10.8. The number of esters is 1.